The molecule has 0 heterocycles. The number of anilines is 1. The Morgan fingerprint density at radius 1 is 0.958 bits per heavy atom. The van der Waals surface area contributed by atoms with Crippen molar-refractivity contribution in [2.24, 2.45) is 0 Å². The molecule has 0 atom stereocenters. The van der Waals surface area contributed by atoms with Gasteiger partial charge >= 0.3 is 6.03 Å². The predicted molar refractivity (Wildman–Crippen MR) is 97.9 cm³/mol. The van der Waals surface area contributed by atoms with Crippen LogP contribution in [0.3, 0.4) is 0 Å². The molecule has 0 aliphatic carbocycles. The van der Waals surface area contributed by atoms with Crippen LogP contribution >= 0.6 is 11.9 Å². The topological polar surface area (TPSA) is 84.2 Å². The summed E-state index contributed by atoms with van der Waals surface area (Å²) in [6, 6.07) is 13.7. The van der Waals surface area contributed by atoms with E-state index in [1.165, 1.54) is 0 Å². The molecule has 4 N–H and O–H groups in total. The van der Waals surface area contributed by atoms with Crippen molar-refractivity contribution < 1.29 is 9.59 Å². The average molecular weight is 343 g/mol. The quantitative estimate of drug-likeness (QED) is 0.586. The van der Waals surface area contributed by atoms with Gasteiger partial charge in [-0.15, -0.1) is 0 Å². The van der Waals surface area contributed by atoms with Crippen LogP contribution < -0.4 is 15.8 Å². The van der Waals surface area contributed by atoms with E-state index in [9.17, 15) is 9.59 Å². The molecule has 0 aliphatic rings. The predicted octanol–water partition coefficient (Wildman–Crippen LogP) is 3.71. The summed E-state index contributed by atoms with van der Waals surface area (Å²) in [4.78, 5) is 24.7. The fourth-order valence-corrected chi connectivity index (χ4v) is 2.50. The number of rotatable bonds is 3. The van der Waals surface area contributed by atoms with E-state index in [2.05, 4.69) is 30.8 Å². The zero-order chi connectivity index (χ0) is 17.7. The maximum Gasteiger partial charge on any atom is 0.331 e. The first kappa shape index (κ1) is 17.9. The first-order valence-corrected chi connectivity index (χ1v) is 8.31. The molecule has 0 aliphatic heterocycles. The number of hydrogen-bond donors (Lipinski definition) is 3. The van der Waals surface area contributed by atoms with E-state index in [4.69, 9.17) is 5.73 Å². The van der Waals surface area contributed by atoms with E-state index >= 15 is 0 Å². The largest absolute Gasteiger partial charge is 0.399 e. The summed E-state index contributed by atoms with van der Waals surface area (Å²) in [7, 11) is 0. The third-order valence-corrected chi connectivity index (χ3v) is 4.18. The molecule has 24 heavy (non-hydrogen) atoms. The molecule has 0 spiro atoms. The summed E-state index contributed by atoms with van der Waals surface area (Å²) < 4.78 is 2.56. The summed E-state index contributed by atoms with van der Waals surface area (Å²) in [5.74, 6) is -0.439. The summed E-state index contributed by atoms with van der Waals surface area (Å²) in [5.41, 5.74) is 7.83. The minimum atomic E-state index is -0.568. The van der Waals surface area contributed by atoms with Gasteiger partial charge in [0.25, 0.3) is 5.91 Å². The molecular formula is C18H21N3O2S. The Labute approximate surface area is 146 Å². The lowest BCUT2D eigenvalue weighted by atomic mass is 9.87. The molecule has 3 amide bonds. The molecular weight excluding hydrogens is 322 g/mol. The van der Waals surface area contributed by atoms with Crippen molar-refractivity contribution in [2.75, 3.05) is 5.73 Å². The van der Waals surface area contributed by atoms with Crippen LogP contribution in [0, 0.1) is 0 Å². The monoisotopic (exact) mass is 343 g/mol. The van der Waals surface area contributed by atoms with Crippen molar-refractivity contribution in [3.05, 3.63) is 59.7 Å². The maximum absolute atomic E-state index is 12.1. The van der Waals surface area contributed by atoms with Crippen LogP contribution in [0.5, 0.6) is 0 Å². The summed E-state index contributed by atoms with van der Waals surface area (Å²) in [5, 5.41) is 2.30. The Bertz CT molecular complexity index is 719. The van der Waals surface area contributed by atoms with E-state index in [0.717, 1.165) is 22.4 Å². The molecule has 0 radical (unpaired) electrons. The highest BCUT2D eigenvalue weighted by Crippen LogP contribution is 2.22. The number of nitrogen functional groups attached to an aromatic ring is 1. The Morgan fingerprint density at radius 3 is 2.08 bits per heavy atom. The number of benzene rings is 2. The normalized spacial score (nSPS) is 11.0. The van der Waals surface area contributed by atoms with Crippen molar-refractivity contribution in [1.29, 1.82) is 0 Å². The fraction of sp³-hybridized carbons (Fsp3) is 0.222. The number of carbonyl (C=O) groups is 2. The highest BCUT2D eigenvalue weighted by Gasteiger charge is 2.15. The number of nitrogens with one attached hydrogen (secondary N) is 2. The Morgan fingerprint density at radius 2 is 1.54 bits per heavy atom. The number of amides is 3. The molecule has 126 valence electrons. The van der Waals surface area contributed by atoms with Crippen LogP contribution in [0.1, 0.15) is 36.7 Å². The van der Waals surface area contributed by atoms with Crippen molar-refractivity contribution in [1.82, 2.24) is 10.0 Å². The van der Waals surface area contributed by atoms with Crippen molar-refractivity contribution >= 4 is 29.6 Å². The van der Waals surface area contributed by atoms with Crippen LogP contribution in [0.25, 0.3) is 0 Å². The molecule has 0 bridgehead atoms. The van der Waals surface area contributed by atoms with Crippen LogP contribution in [-0.4, -0.2) is 11.9 Å². The third-order valence-electron chi connectivity index (χ3n) is 3.38. The van der Waals surface area contributed by atoms with Gasteiger partial charge in [-0.25, -0.2) is 4.79 Å². The van der Waals surface area contributed by atoms with Crippen LogP contribution in [0.2, 0.25) is 0 Å². The Hall–Kier alpha value is -2.47. The number of carbonyl (C=O) groups excluding carboxylic acids is 2. The minimum Gasteiger partial charge on any atom is -0.399 e. The zero-order valence-electron chi connectivity index (χ0n) is 13.9. The van der Waals surface area contributed by atoms with Gasteiger partial charge < -0.3 is 5.73 Å². The van der Waals surface area contributed by atoms with Crippen molar-refractivity contribution in [3.63, 3.8) is 0 Å². The van der Waals surface area contributed by atoms with E-state index in [1.54, 1.807) is 36.4 Å². The van der Waals surface area contributed by atoms with E-state index in [-0.39, 0.29) is 5.41 Å². The highest BCUT2D eigenvalue weighted by molar-refractivity contribution is 7.98. The van der Waals surface area contributed by atoms with Gasteiger partial charge in [0, 0.05) is 16.1 Å². The van der Waals surface area contributed by atoms with Crippen LogP contribution in [0.4, 0.5) is 10.5 Å². The minimum absolute atomic E-state index is 0.0160. The fourth-order valence-electron chi connectivity index (χ4n) is 1.96. The zero-order valence-corrected chi connectivity index (χ0v) is 14.7. The van der Waals surface area contributed by atoms with Gasteiger partial charge in [0.05, 0.1) is 0 Å². The second-order valence-electron chi connectivity index (χ2n) is 6.38. The maximum atomic E-state index is 12.1. The van der Waals surface area contributed by atoms with Gasteiger partial charge in [-0.3, -0.25) is 14.8 Å². The molecule has 5 nitrogen and oxygen atoms in total. The SMILES string of the molecule is CC(C)(C)c1ccc(C(=O)NC(=O)NSc2ccc(N)cc2)cc1. The second-order valence-corrected chi connectivity index (χ2v) is 7.26. The highest BCUT2D eigenvalue weighted by atomic mass is 32.2. The van der Waals surface area contributed by atoms with Gasteiger partial charge in [-0.1, -0.05) is 32.9 Å². The van der Waals surface area contributed by atoms with Crippen molar-refractivity contribution in [3.8, 4) is 0 Å². The second kappa shape index (κ2) is 7.40. The van der Waals surface area contributed by atoms with Gasteiger partial charge in [-0.05, 0) is 59.3 Å². The van der Waals surface area contributed by atoms with Gasteiger partial charge in [0.15, 0.2) is 0 Å². The lowest BCUT2D eigenvalue weighted by Gasteiger charge is -2.19. The number of imide groups is 1. The first-order chi connectivity index (χ1) is 11.3. The first-order valence-electron chi connectivity index (χ1n) is 7.50. The lowest BCUT2D eigenvalue weighted by Crippen LogP contribution is -2.36. The molecule has 0 saturated carbocycles. The molecule has 6 heteroatoms. The van der Waals surface area contributed by atoms with E-state index in [1.807, 2.05) is 12.1 Å². The molecule has 0 fully saturated rings. The van der Waals surface area contributed by atoms with Crippen molar-refractivity contribution in [2.45, 2.75) is 31.1 Å². The standard InChI is InChI=1S/C18H21N3O2S/c1-18(2,3)13-6-4-12(5-7-13)16(22)20-17(23)21-24-15-10-8-14(19)9-11-15/h4-11H,19H2,1-3H3,(H2,20,21,22,23). The summed E-state index contributed by atoms with van der Waals surface area (Å²) in [6.45, 7) is 6.30. The molecule has 2 rings (SSSR count). The number of urea groups is 1. The van der Waals surface area contributed by atoms with Gasteiger partial charge in [0.1, 0.15) is 0 Å². The Balaban J connectivity index is 1.89. The smallest absolute Gasteiger partial charge is 0.331 e. The molecule has 0 aromatic heterocycles. The van der Waals surface area contributed by atoms with Gasteiger partial charge in [0.2, 0.25) is 0 Å². The van der Waals surface area contributed by atoms with E-state index in [0.29, 0.717) is 11.3 Å². The van der Waals surface area contributed by atoms with Crippen LogP contribution in [-0.2, 0) is 5.41 Å². The summed E-state index contributed by atoms with van der Waals surface area (Å²) >= 11 is 1.11. The lowest BCUT2D eigenvalue weighted by molar-refractivity contribution is 0.0965. The van der Waals surface area contributed by atoms with Gasteiger partial charge in [-0.2, -0.15) is 0 Å². The van der Waals surface area contributed by atoms with E-state index < -0.39 is 11.9 Å². The Kier molecular flexibility index (Phi) is 5.51. The number of nitrogens with two attached hydrogens (primary N) is 1. The molecule has 2 aromatic carbocycles. The average Bonchev–Trinajstić information content (AvgIpc) is 2.53. The molecule has 0 saturated heterocycles. The number of hydrogen-bond acceptors (Lipinski definition) is 4. The molecule has 0 unspecified atom stereocenters. The third kappa shape index (κ3) is 5.03. The van der Waals surface area contributed by atoms with Crippen LogP contribution in [0.15, 0.2) is 53.4 Å². The summed E-state index contributed by atoms with van der Waals surface area (Å²) in [6.07, 6.45) is 0. The molecule has 2 aromatic rings.